The van der Waals surface area contributed by atoms with Crippen molar-refractivity contribution in [2.24, 2.45) is 5.10 Å². The van der Waals surface area contributed by atoms with E-state index < -0.39 is 5.91 Å². The summed E-state index contributed by atoms with van der Waals surface area (Å²) >= 11 is 0. The summed E-state index contributed by atoms with van der Waals surface area (Å²) < 4.78 is 16.5. The first-order valence-electron chi connectivity index (χ1n) is 10.4. The number of nitrogens with zero attached hydrogens (tertiary/aromatic N) is 7. The fourth-order valence-electron chi connectivity index (χ4n) is 3.28. The Balaban J connectivity index is 1.59. The molecule has 2 aromatic carbocycles. The van der Waals surface area contributed by atoms with Gasteiger partial charge < -0.3 is 20.1 Å². The molecule has 0 saturated heterocycles. The van der Waals surface area contributed by atoms with Crippen LogP contribution in [-0.4, -0.2) is 58.7 Å². The first-order valence-corrected chi connectivity index (χ1v) is 10.4. The molecule has 180 valence electrons. The van der Waals surface area contributed by atoms with Gasteiger partial charge in [-0.3, -0.25) is 4.79 Å². The molecular formula is C22H23N9O4. The highest BCUT2D eigenvalue weighted by Gasteiger charge is 2.25. The van der Waals surface area contributed by atoms with Crippen LogP contribution in [-0.2, 0) is 6.54 Å². The van der Waals surface area contributed by atoms with Crippen molar-refractivity contribution in [1.82, 2.24) is 30.7 Å². The summed E-state index contributed by atoms with van der Waals surface area (Å²) in [6.45, 7) is 0.255. The molecule has 1 amide bonds. The first-order chi connectivity index (χ1) is 17.0. The zero-order valence-corrected chi connectivity index (χ0v) is 19.2. The third kappa shape index (κ3) is 5.03. The third-order valence-electron chi connectivity index (χ3n) is 5.05. The summed E-state index contributed by atoms with van der Waals surface area (Å²) in [5.74, 6) is 0.688. The Bertz CT molecular complexity index is 1330. The van der Waals surface area contributed by atoms with E-state index in [4.69, 9.17) is 19.8 Å². The lowest BCUT2D eigenvalue weighted by Crippen LogP contribution is -2.24. The van der Waals surface area contributed by atoms with E-state index in [1.165, 1.54) is 18.0 Å². The van der Waals surface area contributed by atoms with Gasteiger partial charge in [0.25, 0.3) is 5.91 Å². The Morgan fingerprint density at radius 1 is 1.17 bits per heavy atom. The number of carbonyl (C=O) groups excluding carboxylic acids is 1. The third-order valence-corrected chi connectivity index (χ3v) is 5.05. The molecule has 4 aromatic rings. The number of nitrogens with one attached hydrogen (secondary N) is 1. The van der Waals surface area contributed by atoms with Crippen molar-refractivity contribution in [3.8, 4) is 17.3 Å². The van der Waals surface area contributed by atoms with Gasteiger partial charge in [-0.25, -0.2) is 10.1 Å². The fraction of sp³-hybridized carbons (Fsp3) is 0.182. The first kappa shape index (κ1) is 23.2. The summed E-state index contributed by atoms with van der Waals surface area (Å²) in [5, 5.41) is 19.5. The summed E-state index contributed by atoms with van der Waals surface area (Å²) in [4.78, 5) is 14.9. The number of anilines is 2. The van der Waals surface area contributed by atoms with E-state index in [0.717, 1.165) is 5.69 Å². The maximum absolute atomic E-state index is 13.0. The molecule has 2 heterocycles. The average molecular weight is 477 g/mol. The molecule has 35 heavy (non-hydrogen) atoms. The van der Waals surface area contributed by atoms with Crippen LogP contribution < -0.4 is 25.5 Å². The number of nitrogen functional groups attached to an aromatic ring is 1. The van der Waals surface area contributed by atoms with Crippen LogP contribution in [0.25, 0.3) is 5.82 Å². The molecule has 0 bridgehead atoms. The van der Waals surface area contributed by atoms with E-state index in [0.29, 0.717) is 22.8 Å². The fourth-order valence-corrected chi connectivity index (χ4v) is 3.28. The Morgan fingerprint density at radius 3 is 2.63 bits per heavy atom. The van der Waals surface area contributed by atoms with Gasteiger partial charge >= 0.3 is 0 Å². The Kier molecular flexibility index (Phi) is 6.86. The number of aromatic nitrogens is 5. The highest BCUT2D eigenvalue weighted by atomic mass is 16.6. The van der Waals surface area contributed by atoms with E-state index in [1.54, 1.807) is 25.3 Å². The van der Waals surface area contributed by atoms with E-state index in [9.17, 15) is 4.79 Å². The number of hydrogen-bond acceptors (Lipinski definition) is 11. The topological polar surface area (TPSA) is 159 Å². The predicted octanol–water partition coefficient (Wildman–Crippen LogP) is 1.65. The van der Waals surface area contributed by atoms with Crippen LogP contribution in [0.15, 0.2) is 58.3 Å². The SMILES string of the molecule is COc1ccc(/C=N\NC(=O)c2nnn(-c3nonc3N)c2CN(C)c2ccccc2)cc1OC. The summed E-state index contributed by atoms with van der Waals surface area (Å²) in [6.07, 6.45) is 1.47. The predicted molar refractivity (Wildman–Crippen MR) is 127 cm³/mol. The minimum atomic E-state index is -0.570. The zero-order chi connectivity index (χ0) is 24.8. The van der Waals surface area contributed by atoms with Crippen LogP contribution in [0.1, 0.15) is 21.7 Å². The van der Waals surface area contributed by atoms with Gasteiger partial charge in [-0.05, 0) is 46.2 Å². The van der Waals surface area contributed by atoms with Crippen molar-refractivity contribution in [2.45, 2.75) is 6.54 Å². The molecule has 2 aromatic heterocycles. The molecular weight excluding hydrogens is 454 g/mol. The second-order valence-corrected chi connectivity index (χ2v) is 7.27. The number of carbonyl (C=O) groups is 1. The summed E-state index contributed by atoms with van der Waals surface area (Å²) in [6, 6.07) is 14.9. The van der Waals surface area contributed by atoms with Gasteiger partial charge in [0, 0.05) is 12.7 Å². The van der Waals surface area contributed by atoms with Crippen LogP contribution in [0.3, 0.4) is 0 Å². The van der Waals surface area contributed by atoms with Crippen molar-refractivity contribution < 1.29 is 18.9 Å². The average Bonchev–Trinajstić information content (AvgIpc) is 3.49. The molecule has 0 saturated carbocycles. The number of nitrogens with two attached hydrogens (primary N) is 1. The molecule has 0 unspecified atom stereocenters. The molecule has 0 aliphatic carbocycles. The minimum Gasteiger partial charge on any atom is -0.493 e. The summed E-state index contributed by atoms with van der Waals surface area (Å²) in [5.41, 5.74) is 10.4. The van der Waals surface area contributed by atoms with Gasteiger partial charge in [0.2, 0.25) is 11.6 Å². The molecule has 4 rings (SSSR count). The van der Waals surface area contributed by atoms with Crippen molar-refractivity contribution >= 4 is 23.6 Å². The van der Waals surface area contributed by atoms with E-state index in [-0.39, 0.29) is 23.9 Å². The molecule has 0 aliphatic rings. The van der Waals surface area contributed by atoms with Gasteiger partial charge in [-0.2, -0.15) is 9.78 Å². The lowest BCUT2D eigenvalue weighted by Gasteiger charge is -2.19. The van der Waals surface area contributed by atoms with Crippen LogP contribution in [0.4, 0.5) is 11.5 Å². The van der Waals surface area contributed by atoms with Crippen molar-refractivity contribution in [2.75, 3.05) is 31.9 Å². The van der Waals surface area contributed by atoms with Gasteiger partial charge in [0.1, 0.15) is 0 Å². The number of hydrogen-bond donors (Lipinski definition) is 2. The number of hydrazone groups is 1. The minimum absolute atomic E-state index is 0.0111. The molecule has 13 heteroatoms. The number of benzene rings is 2. The molecule has 0 atom stereocenters. The standard InChI is InChI=1S/C22H23N9O4/c1-30(15-7-5-4-6-8-15)13-16-19(25-29-31(16)21-20(23)27-35-28-21)22(32)26-24-12-14-9-10-17(33-2)18(11-14)34-3/h4-12H,13H2,1-3H3,(H2,23,27)(H,26,32)/b24-12-. The summed E-state index contributed by atoms with van der Waals surface area (Å²) in [7, 11) is 4.96. The Morgan fingerprint density at radius 2 is 1.94 bits per heavy atom. The number of rotatable bonds is 9. The smallest absolute Gasteiger partial charge is 0.293 e. The number of ether oxygens (including phenoxy) is 2. The van der Waals surface area contributed by atoms with Crippen molar-refractivity contribution in [3.05, 3.63) is 65.5 Å². The maximum atomic E-state index is 13.0. The van der Waals surface area contributed by atoms with Gasteiger partial charge in [0.05, 0.1) is 32.7 Å². The Labute approximate surface area is 200 Å². The molecule has 0 spiro atoms. The largest absolute Gasteiger partial charge is 0.493 e. The Hall–Kier alpha value is -4.94. The quantitative estimate of drug-likeness (QED) is 0.268. The van der Waals surface area contributed by atoms with Crippen LogP contribution in [0.5, 0.6) is 11.5 Å². The van der Waals surface area contributed by atoms with Crippen LogP contribution in [0, 0.1) is 0 Å². The molecule has 0 aliphatic heterocycles. The van der Waals surface area contributed by atoms with Gasteiger partial charge in [-0.15, -0.1) is 5.10 Å². The lowest BCUT2D eigenvalue weighted by molar-refractivity contribution is 0.0949. The maximum Gasteiger partial charge on any atom is 0.293 e. The highest BCUT2D eigenvalue weighted by molar-refractivity contribution is 5.94. The molecule has 0 radical (unpaired) electrons. The van der Waals surface area contributed by atoms with E-state index >= 15 is 0 Å². The van der Waals surface area contributed by atoms with E-state index in [2.05, 4.69) is 31.2 Å². The lowest BCUT2D eigenvalue weighted by atomic mass is 10.2. The van der Waals surface area contributed by atoms with Crippen molar-refractivity contribution in [1.29, 1.82) is 0 Å². The van der Waals surface area contributed by atoms with Gasteiger partial charge in [0.15, 0.2) is 17.2 Å². The normalized spacial score (nSPS) is 10.9. The number of methoxy groups -OCH3 is 2. The second kappa shape index (κ2) is 10.3. The van der Waals surface area contributed by atoms with Crippen molar-refractivity contribution in [3.63, 3.8) is 0 Å². The van der Waals surface area contributed by atoms with Crippen LogP contribution >= 0.6 is 0 Å². The van der Waals surface area contributed by atoms with Crippen LogP contribution in [0.2, 0.25) is 0 Å². The zero-order valence-electron chi connectivity index (χ0n) is 19.2. The molecule has 13 nitrogen and oxygen atoms in total. The second-order valence-electron chi connectivity index (χ2n) is 7.27. The number of para-hydroxylation sites is 1. The monoisotopic (exact) mass is 477 g/mol. The molecule has 3 N–H and O–H groups in total. The molecule has 0 fully saturated rings. The highest BCUT2D eigenvalue weighted by Crippen LogP contribution is 2.27. The number of amides is 1. The van der Waals surface area contributed by atoms with E-state index in [1.807, 2.05) is 42.3 Å². The van der Waals surface area contributed by atoms with Gasteiger partial charge in [-0.1, -0.05) is 23.4 Å².